The molecule has 0 bridgehead atoms. The van der Waals surface area contributed by atoms with Crippen molar-refractivity contribution in [2.45, 2.75) is 56.3 Å². The number of nitrogens with zero attached hydrogens (tertiary/aromatic N) is 1. The SMILES string of the molecule is CSCCC(NC(=O)C(CO)NC(=O)C(CCCN=C(N)N)NC(=O)C(N)CCC(=O)O)C(=O)O. The van der Waals surface area contributed by atoms with Gasteiger partial charge >= 0.3 is 11.9 Å². The smallest absolute Gasteiger partial charge is 0.326 e. The molecule has 0 aromatic rings. The van der Waals surface area contributed by atoms with Crippen molar-refractivity contribution in [2.24, 2.45) is 22.2 Å². The van der Waals surface area contributed by atoms with Crippen LogP contribution < -0.4 is 33.2 Å². The van der Waals surface area contributed by atoms with Crippen LogP contribution in [0.25, 0.3) is 0 Å². The Morgan fingerprint density at radius 3 is 1.97 bits per heavy atom. The van der Waals surface area contributed by atoms with Crippen LogP contribution in [-0.4, -0.2) is 100 Å². The number of guanidine groups is 1. The highest BCUT2D eigenvalue weighted by Gasteiger charge is 2.29. The number of aliphatic hydroxyl groups is 1. The first-order chi connectivity index (χ1) is 16.4. The van der Waals surface area contributed by atoms with E-state index in [2.05, 4.69) is 20.9 Å². The number of amides is 3. The summed E-state index contributed by atoms with van der Waals surface area (Å²) in [6.07, 6.45) is 1.64. The average molecular weight is 522 g/mol. The Labute approximate surface area is 206 Å². The van der Waals surface area contributed by atoms with Gasteiger partial charge in [0.25, 0.3) is 0 Å². The van der Waals surface area contributed by atoms with Gasteiger partial charge in [-0.1, -0.05) is 0 Å². The first-order valence-electron chi connectivity index (χ1n) is 10.7. The molecule has 0 saturated heterocycles. The van der Waals surface area contributed by atoms with Crippen LogP contribution in [0.15, 0.2) is 4.99 Å². The van der Waals surface area contributed by atoms with Gasteiger partial charge in [-0.3, -0.25) is 24.2 Å². The molecule has 0 aromatic heterocycles. The summed E-state index contributed by atoms with van der Waals surface area (Å²) in [5.74, 6) is -4.68. The van der Waals surface area contributed by atoms with Crippen molar-refractivity contribution in [2.75, 3.05) is 25.2 Å². The fourth-order valence-corrected chi connectivity index (χ4v) is 3.16. The summed E-state index contributed by atoms with van der Waals surface area (Å²) in [6.45, 7) is -0.702. The van der Waals surface area contributed by atoms with E-state index in [1.165, 1.54) is 11.8 Å². The molecule has 0 spiro atoms. The summed E-state index contributed by atoms with van der Waals surface area (Å²) in [5, 5.41) is 34.5. The lowest BCUT2D eigenvalue weighted by molar-refractivity contribution is -0.142. The Balaban J connectivity index is 5.33. The molecule has 0 heterocycles. The Hall–Kier alpha value is -3.11. The Bertz CT molecular complexity index is 763. The third-order valence-electron chi connectivity index (χ3n) is 4.63. The van der Waals surface area contributed by atoms with E-state index in [0.29, 0.717) is 5.75 Å². The van der Waals surface area contributed by atoms with Crippen molar-refractivity contribution < 1.29 is 39.3 Å². The van der Waals surface area contributed by atoms with E-state index in [1.807, 2.05) is 0 Å². The lowest BCUT2D eigenvalue weighted by Crippen LogP contribution is -2.58. The third-order valence-corrected chi connectivity index (χ3v) is 5.27. The molecule has 0 aromatic carbocycles. The molecule has 0 aliphatic heterocycles. The highest BCUT2D eigenvalue weighted by Crippen LogP contribution is 2.04. The van der Waals surface area contributed by atoms with Crippen molar-refractivity contribution in [1.29, 1.82) is 0 Å². The van der Waals surface area contributed by atoms with E-state index in [0.717, 1.165) is 0 Å². The first-order valence-corrected chi connectivity index (χ1v) is 12.1. The third kappa shape index (κ3) is 14.0. The number of nitrogens with two attached hydrogens (primary N) is 3. The van der Waals surface area contributed by atoms with Crippen LogP contribution in [0.2, 0.25) is 0 Å². The maximum atomic E-state index is 12.8. The second kappa shape index (κ2) is 17.3. The molecular formula is C19H35N7O8S. The van der Waals surface area contributed by atoms with Gasteiger partial charge < -0.3 is 48.5 Å². The van der Waals surface area contributed by atoms with Crippen LogP contribution in [-0.2, 0) is 24.0 Å². The number of aliphatic carboxylic acids is 2. The number of carbonyl (C=O) groups is 5. The van der Waals surface area contributed by atoms with Gasteiger partial charge in [0.1, 0.15) is 18.1 Å². The van der Waals surface area contributed by atoms with E-state index in [1.54, 1.807) is 6.26 Å². The van der Waals surface area contributed by atoms with Gasteiger partial charge in [0.05, 0.1) is 12.6 Å². The van der Waals surface area contributed by atoms with Crippen LogP contribution in [0, 0.1) is 0 Å². The molecule has 15 nitrogen and oxygen atoms in total. The minimum atomic E-state index is -1.49. The summed E-state index contributed by atoms with van der Waals surface area (Å²) in [7, 11) is 0. The zero-order valence-electron chi connectivity index (χ0n) is 19.4. The van der Waals surface area contributed by atoms with Gasteiger partial charge in [-0.05, 0) is 37.7 Å². The molecule has 4 unspecified atom stereocenters. The van der Waals surface area contributed by atoms with Gasteiger partial charge in [-0.25, -0.2) is 4.79 Å². The van der Waals surface area contributed by atoms with E-state index in [-0.39, 0.29) is 44.6 Å². The number of aliphatic hydroxyl groups excluding tert-OH is 1. The van der Waals surface area contributed by atoms with Gasteiger partial charge in [0.15, 0.2) is 5.96 Å². The zero-order valence-corrected chi connectivity index (χ0v) is 20.3. The number of aliphatic imine (C=N–C) groups is 1. The van der Waals surface area contributed by atoms with Gasteiger partial charge in [0.2, 0.25) is 17.7 Å². The minimum absolute atomic E-state index is 0.0191. The largest absolute Gasteiger partial charge is 0.481 e. The predicted octanol–water partition coefficient (Wildman–Crippen LogP) is -3.48. The van der Waals surface area contributed by atoms with Crippen LogP contribution >= 0.6 is 11.8 Å². The lowest BCUT2D eigenvalue weighted by atomic mass is 10.1. The average Bonchev–Trinajstić information content (AvgIpc) is 2.79. The van der Waals surface area contributed by atoms with Gasteiger partial charge in [-0.2, -0.15) is 11.8 Å². The first kappa shape index (κ1) is 31.9. The standard InChI is InChI=1S/C19H35N7O8S/c1-35-8-6-12(18(33)34)25-17(32)13(9-27)26-16(31)11(3-2-7-23-19(21)22)24-15(30)10(20)4-5-14(28)29/h10-13,27H,2-9,20H2,1H3,(H,24,30)(H,25,32)(H,26,31)(H,28,29)(H,33,34)(H4,21,22,23). The highest BCUT2D eigenvalue weighted by molar-refractivity contribution is 7.98. The Kier molecular flexibility index (Phi) is 15.8. The molecule has 0 aliphatic carbocycles. The quantitative estimate of drug-likeness (QED) is 0.0483. The van der Waals surface area contributed by atoms with Gasteiger partial charge in [-0.15, -0.1) is 0 Å². The zero-order chi connectivity index (χ0) is 27.0. The molecule has 0 aliphatic rings. The van der Waals surface area contributed by atoms with Crippen LogP contribution in [0.3, 0.4) is 0 Å². The second-order valence-electron chi connectivity index (χ2n) is 7.47. The maximum absolute atomic E-state index is 12.8. The molecular weight excluding hydrogens is 486 g/mol. The number of carboxylic acids is 2. The van der Waals surface area contributed by atoms with E-state index in [9.17, 15) is 34.2 Å². The van der Waals surface area contributed by atoms with Crippen LogP contribution in [0.5, 0.6) is 0 Å². The Morgan fingerprint density at radius 1 is 0.886 bits per heavy atom. The molecule has 0 fully saturated rings. The number of rotatable bonds is 18. The van der Waals surface area contributed by atoms with Crippen molar-refractivity contribution >= 4 is 47.4 Å². The van der Waals surface area contributed by atoms with E-state index < -0.39 is 60.4 Å². The molecule has 35 heavy (non-hydrogen) atoms. The highest BCUT2D eigenvalue weighted by atomic mass is 32.2. The number of carboxylic acid groups (broad SMARTS) is 2. The number of nitrogens with one attached hydrogen (secondary N) is 3. The van der Waals surface area contributed by atoms with Gasteiger partial charge in [0, 0.05) is 13.0 Å². The molecule has 0 radical (unpaired) electrons. The fraction of sp³-hybridized carbons (Fsp3) is 0.684. The van der Waals surface area contributed by atoms with Crippen molar-refractivity contribution in [1.82, 2.24) is 16.0 Å². The van der Waals surface area contributed by atoms with Crippen molar-refractivity contribution in [3.63, 3.8) is 0 Å². The summed E-state index contributed by atoms with van der Waals surface area (Å²) in [6, 6.07) is -5.13. The monoisotopic (exact) mass is 521 g/mol. The number of thioether (sulfide) groups is 1. The molecule has 12 N–H and O–H groups in total. The fourth-order valence-electron chi connectivity index (χ4n) is 2.69. The molecule has 4 atom stereocenters. The Morgan fingerprint density at radius 2 is 1.46 bits per heavy atom. The molecule has 3 amide bonds. The predicted molar refractivity (Wildman–Crippen MR) is 128 cm³/mol. The van der Waals surface area contributed by atoms with Crippen LogP contribution in [0.1, 0.15) is 32.1 Å². The summed E-state index contributed by atoms with van der Waals surface area (Å²) in [4.78, 5) is 63.4. The van der Waals surface area contributed by atoms with Crippen molar-refractivity contribution in [3.8, 4) is 0 Å². The van der Waals surface area contributed by atoms with E-state index in [4.69, 9.17) is 22.3 Å². The molecule has 0 saturated carbocycles. The maximum Gasteiger partial charge on any atom is 0.326 e. The molecule has 0 rings (SSSR count). The van der Waals surface area contributed by atoms with Crippen LogP contribution in [0.4, 0.5) is 0 Å². The van der Waals surface area contributed by atoms with E-state index >= 15 is 0 Å². The number of carbonyl (C=O) groups excluding carboxylic acids is 3. The topological polar surface area (TPSA) is 273 Å². The van der Waals surface area contributed by atoms with Crippen molar-refractivity contribution in [3.05, 3.63) is 0 Å². The summed E-state index contributed by atoms with van der Waals surface area (Å²) >= 11 is 1.39. The minimum Gasteiger partial charge on any atom is -0.481 e. The summed E-state index contributed by atoms with van der Waals surface area (Å²) < 4.78 is 0. The molecule has 200 valence electrons. The molecule has 16 heteroatoms. The second-order valence-corrected chi connectivity index (χ2v) is 8.46. The number of hydrogen-bond donors (Lipinski definition) is 9. The number of hydrogen-bond acceptors (Lipinski definition) is 9. The summed E-state index contributed by atoms with van der Waals surface area (Å²) in [5.41, 5.74) is 16.2. The lowest BCUT2D eigenvalue weighted by Gasteiger charge is -2.24. The normalized spacial score (nSPS) is 14.0.